The van der Waals surface area contributed by atoms with Gasteiger partial charge in [-0.15, -0.1) is 0 Å². The highest BCUT2D eigenvalue weighted by Gasteiger charge is 2.21. The molecule has 2 nitrogen and oxygen atoms in total. The molecule has 0 saturated heterocycles. The Morgan fingerprint density at radius 3 is 1.67 bits per heavy atom. The van der Waals surface area contributed by atoms with E-state index >= 15 is 0 Å². The second-order valence-corrected chi connectivity index (χ2v) is 7.35. The molecule has 0 amide bonds. The molecule has 0 aliphatic heterocycles. The minimum absolute atomic E-state index is 0.293. The van der Waals surface area contributed by atoms with Crippen LogP contribution >= 0.6 is 28.5 Å². The molecular formula is C4H10Cl2NOP. The average molecular weight is 190 g/mol. The van der Waals surface area contributed by atoms with Crippen molar-refractivity contribution in [1.29, 1.82) is 0 Å². The van der Waals surface area contributed by atoms with Gasteiger partial charge in [-0.1, -0.05) is 0 Å². The van der Waals surface area contributed by atoms with Crippen molar-refractivity contribution < 1.29 is 4.57 Å². The fourth-order valence-corrected chi connectivity index (χ4v) is 2.69. The Bertz CT molecular complexity index is 136. The van der Waals surface area contributed by atoms with Crippen molar-refractivity contribution >= 4 is 28.5 Å². The first-order chi connectivity index (χ1) is 3.71. The fourth-order valence-electron chi connectivity index (χ4n) is 0.390. The molecule has 5 heteroatoms. The summed E-state index contributed by atoms with van der Waals surface area (Å²) in [4.78, 5) is 0. The quantitative estimate of drug-likeness (QED) is 0.644. The van der Waals surface area contributed by atoms with Crippen molar-refractivity contribution in [3.63, 3.8) is 0 Å². The molecule has 0 aliphatic rings. The Labute approximate surface area is 64.9 Å². The maximum absolute atomic E-state index is 10.6. The molecule has 0 fully saturated rings. The third-order valence-electron chi connectivity index (χ3n) is 0.466. The molecule has 0 radical (unpaired) electrons. The van der Waals surface area contributed by atoms with Gasteiger partial charge >= 0.3 is 6.00 Å². The van der Waals surface area contributed by atoms with Gasteiger partial charge in [-0.05, 0) is 43.3 Å². The molecule has 0 bridgehead atoms. The van der Waals surface area contributed by atoms with Crippen LogP contribution in [0.4, 0.5) is 0 Å². The Hall–Kier alpha value is 0.770. The number of nitrogens with one attached hydrogen (secondary N) is 1. The fraction of sp³-hybridized carbons (Fsp3) is 1.00. The molecule has 0 saturated carbocycles. The zero-order valence-corrected chi connectivity index (χ0v) is 8.02. The van der Waals surface area contributed by atoms with Gasteiger partial charge in [0.25, 0.3) is 0 Å². The molecule has 0 aromatic rings. The van der Waals surface area contributed by atoms with Crippen molar-refractivity contribution in [3.8, 4) is 0 Å². The first kappa shape index (κ1) is 9.77. The van der Waals surface area contributed by atoms with Crippen LogP contribution in [-0.4, -0.2) is 5.54 Å². The van der Waals surface area contributed by atoms with Crippen molar-refractivity contribution in [2.45, 2.75) is 26.3 Å². The lowest BCUT2D eigenvalue weighted by Gasteiger charge is -2.20. The van der Waals surface area contributed by atoms with E-state index in [1.54, 1.807) is 0 Å². The van der Waals surface area contributed by atoms with Gasteiger partial charge in [-0.25, -0.2) is 5.09 Å². The lowest BCUT2D eigenvalue weighted by molar-refractivity contribution is 0.504. The lowest BCUT2D eigenvalue weighted by Crippen LogP contribution is -2.30. The van der Waals surface area contributed by atoms with Crippen LogP contribution in [0.25, 0.3) is 0 Å². The van der Waals surface area contributed by atoms with Gasteiger partial charge in [0.2, 0.25) is 0 Å². The van der Waals surface area contributed by atoms with E-state index < -0.39 is 6.00 Å². The second kappa shape index (κ2) is 2.79. The molecule has 0 spiro atoms. The zero-order chi connectivity index (χ0) is 7.71. The van der Waals surface area contributed by atoms with Gasteiger partial charge < -0.3 is 0 Å². The van der Waals surface area contributed by atoms with E-state index in [9.17, 15) is 4.57 Å². The first-order valence-electron chi connectivity index (χ1n) is 2.49. The smallest absolute Gasteiger partial charge is 0.271 e. The highest BCUT2D eigenvalue weighted by Crippen LogP contribution is 2.53. The van der Waals surface area contributed by atoms with Crippen LogP contribution in [0.1, 0.15) is 20.8 Å². The van der Waals surface area contributed by atoms with Crippen LogP contribution in [0.3, 0.4) is 0 Å². The maximum Gasteiger partial charge on any atom is 0.319 e. The largest absolute Gasteiger partial charge is 0.319 e. The van der Waals surface area contributed by atoms with Crippen LogP contribution in [0.2, 0.25) is 0 Å². The topological polar surface area (TPSA) is 29.1 Å². The third-order valence-corrected chi connectivity index (χ3v) is 1.90. The summed E-state index contributed by atoms with van der Waals surface area (Å²) < 4.78 is 10.6. The normalized spacial score (nSPS) is 13.9. The molecule has 1 N–H and O–H groups in total. The van der Waals surface area contributed by atoms with Gasteiger partial charge in [0.15, 0.2) is 0 Å². The minimum atomic E-state index is -3.09. The van der Waals surface area contributed by atoms with Crippen LogP contribution in [-0.2, 0) is 4.57 Å². The number of hydrogen-bond donors (Lipinski definition) is 1. The van der Waals surface area contributed by atoms with Gasteiger partial charge in [-0.2, -0.15) is 0 Å². The monoisotopic (exact) mass is 189 g/mol. The molecule has 0 aromatic heterocycles. The van der Waals surface area contributed by atoms with Gasteiger partial charge in [0.1, 0.15) is 0 Å². The van der Waals surface area contributed by atoms with E-state index in [0.29, 0.717) is 0 Å². The summed E-state index contributed by atoms with van der Waals surface area (Å²) in [6.07, 6.45) is 0. The van der Waals surface area contributed by atoms with E-state index in [0.717, 1.165) is 0 Å². The summed E-state index contributed by atoms with van der Waals surface area (Å²) in [7, 11) is 0. The van der Waals surface area contributed by atoms with Gasteiger partial charge in [-0.3, -0.25) is 4.57 Å². The Morgan fingerprint density at radius 1 is 1.33 bits per heavy atom. The summed E-state index contributed by atoms with van der Waals surface area (Å²) in [5, 5.41) is 2.54. The molecule has 0 aromatic carbocycles. The zero-order valence-electron chi connectivity index (χ0n) is 5.61. The standard InChI is InChI=1S/C4H10Cl2NOP/c1-4(2,3)7-9(5,6)8/h1-3H3,(H,7,8). The van der Waals surface area contributed by atoms with E-state index in [2.05, 4.69) is 5.09 Å². The first-order valence-corrected chi connectivity index (χ1v) is 6.01. The van der Waals surface area contributed by atoms with E-state index in [1.165, 1.54) is 0 Å². The highest BCUT2D eigenvalue weighted by molar-refractivity contribution is 8.07. The number of rotatable bonds is 1. The predicted molar refractivity (Wildman–Crippen MR) is 42.2 cm³/mol. The summed E-state index contributed by atoms with van der Waals surface area (Å²) in [5.41, 5.74) is -0.293. The second-order valence-electron chi connectivity index (χ2n) is 2.82. The highest BCUT2D eigenvalue weighted by atomic mass is 35.9. The molecule has 56 valence electrons. The van der Waals surface area contributed by atoms with Crippen LogP contribution in [0.5, 0.6) is 0 Å². The number of halogens is 2. The summed E-state index contributed by atoms with van der Waals surface area (Å²) in [6, 6.07) is 0. The Kier molecular flexibility index (Phi) is 3.03. The average Bonchev–Trinajstić information content (AvgIpc) is 1.14. The molecule has 0 unspecified atom stereocenters. The Balaban J connectivity index is 3.90. The van der Waals surface area contributed by atoms with Gasteiger partial charge in [0, 0.05) is 5.54 Å². The number of hydrogen-bond acceptors (Lipinski definition) is 1. The SMILES string of the molecule is CC(C)(C)NP(=O)(Cl)Cl. The van der Waals surface area contributed by atoms with E-state index in [-0.39, 0.29) is 5.54 Å². The van der Waals surface area contributed by atoms with Crippen LogP contribution < -0.4 is 5.09 Å². The maximum atomic E-state index is 10.6. The molecular weight excluding hydrogens is 180 g/mol. The summed E-state index contributed by atoms with van der Waals surface area (Å²) >= 11 is 10.5. The molecule has 0 aliphatic carbocycles. The summed E-state index contributed by atoms with van der Waals surface area (Å²) in [5.74, 6) is -3.09. The molecule has 9 heavy (non-hydrogen) atoms. The minimum Gasteiger partial charge on any atom is -0.271 e. The Morgan fingerprint density at radius 2 is 1.67 bits per heavy atom. The third kappa shape index (κ3) is 8.77. The molecule has 0 heterocycles. The van der Waals surface area contributed by atoms with Crippen molar-refractivity contribution in [2.75, 3.05) is 0 Å². The van der Waals surface area contributed by atoms with Gasteiger partial charge in [0.05, 0.1) is 0 Å². The van der Waals surface area contributed by atoms with Crippen molar-refractivity contribution in [2.24, 2.45) is 0 Å². The van der Waals surface area contributed by atoms with Crippen LogP contribution in [0.15, 0.2) is 0 Å². The predicted octanol–water partition coefficient (Wildman–Crippen LogP) is 2.96. The van der Waals surface area contributed by atoms with Crippen molar-refractivity contribution in [1.82, 2.24) is 5.09 Å². The summed E-state index contributed by atoms with van der Waals surface area (Å²) in [6.45, 7) is 5.51. The van der Waals surface area contributed by atoms with E-state index in [4.69, 9.17) is 22.5 Å². The molecule has 0 rings (SSSR count). The lowest BCUT2D eigenvalue weighted by atomic mass is 10.1. The van der Waals surface area contributed by atoms with E-state index in [1.807, 2.05) is 20.8 Å². The van der Waals surface area contributed by atoms with Crippen molar-refractivity contribution in [3.05, 3.63) is 0 Å². The van der Waals surface area contributed by atoms with Crippen LogP contribution in [0, 0.1) is 0 Å². The molecule has 0 atom stereocenters.